The maximum Gasteiger partial charge on any atom is 0.354 e. The number of hydrogen-bond donors (Lipinski definition) is 2. The second-order valence-electron chi connectivity index (χ2n) is 4.04. The van der Waals surface area contributed by atoms with Crippen LogP contribution in [0.3, 0.4) is 0 Å². The monoisotopic (exact) mass is 290 g/mol. The fourth-order valence-corrected chi connectivity index (χ4v) is 1.60. The lowest BCUT2D eigenvalue weighted by molar-refractivity contribution is 0.0690. The summed E-state index contributed by atoms with van der Waals surface area (Å²) >= 11 is 0. The first-order valence-corrected chi connectivity index (χ1v) is 5.85. The molecule has 1 aromatic heterocycles. The van der Waals surface area contributed by atoms with Crippen molar-refractivity contribution in [3.05, 3.63) is 53.6 Å². The zero-order valence-corrected chi connectivity index (χ0v) is 11.0. The second kappa shape index (κ2) is 6.00. The van der Waals surface area contributed by atoms with Gasteiger partial charge in [0.15, 0.2) is 11.6 Å². The number of carboxylic acid groups (broad SMARTS) is 1. The number of anilines is 1. The van der Waals surface area contributed by atoms with Gasteiger partial charge in [-0.05, 0) is 24.3 Å². The molecular weight excluding hydrogens is 279 g/mol. The van der Waals surface area contributed by atoms with Crippen LogP contribution in [-0.2, 0) is 0 Å². The maximum absolute atomic E-state index is 13.5. The number of aromatic nitrogens is 1. The van der Waals surface area contributed by atoms with Crippen molar-refractivity contribution < 1.29 is 23.8 Å². The number of amides is 1. The highest BCUT2D eigenvalue weighted by Crippen LogP contribution is 2.21. The van der Waals surface area contributed by atoms with Gasteiger partial charge in [0.05, 0.1) is 12.7 Å². The molecule has 0 saturated carbocycles. The molecule has 0 aliphatic heterocycles. The van der Waals surface area contributed by atoms with E-state index in [1.54, 1.807) is 0 Å². The Kier molecular flexibility index (Phi) is 4.13. The first-order valence-electron chi connectivity index (χ1n) is 5.85. The summed E-state index contributed by atoms with van der Waals surface area (Å²) in [6, 6.07) is 6.53. The van der Waals surface area contributed by atoms with E-state index in [4.69, 9.17) is 9.84 Å². The van der Waals surface area contributed by atoms with Crippen LogP contribution in [0.1, 0.15) is 20.8 Å². The summed E-state index contributed by atoms with van der Waals surface area (Å²) in [4.78, 5) is 26.2. The normalized spacial score (nSPS) is 10.0. The van der Waals surface area contributed by atoms with E-state index in [9.17, 15) is 14.0 Å². The van der Waals surface area contributed by atoms with E-state index in [0.717, 1.165) is 12.3 Å². The molecular formula is C14H11FN2O4. The van der Waals surface area contributed by atoms with Crippen LogP contribution in [0.2, 0.25) is 0 Å². The summed E-state index contributed by atoms with van der Waals surface area (Å²) in [5.41, 5.74) is 0.249. The number of benzene rings is 1. The molecule has 2 N–H and O–H groups in total. The van der Waals surface area contributed by atoms with E-state index in [1.807, 2.05) is 0 Å². The van der Waals surface area contributed by atoms with Gasteiger partial charge in [-0.1, -0.05) is 0 Å². The Balaban J connectivity index is 2.14. The highest BCUT2D eigenvalue weighted by Gasteiger charge is 2.11. The highest BCUT2D eigenvalue weighted by molar-refractivity contribution is 6.04. The second-order valence-corrected chi connectivity index (χ2v) is 4.04. The van der Waals surface area contributed by atoms with Gasteiger partial charge in [-0.2, -0.15) is 0 Å². The third-order valence-corrected chi connectivity index (χ3v) is 2.65. The number of nitrogens with one attached hydrogen (secondary N) is 1. The first-order chi connectivity index (χ1) is 10.0. The van der Waals surface area contributed by atoms with Crippen LogP contribution in [0.25, 0.3) is 0 Å². The molecule has 1 amide bonds. The van der Waals surface area contributed by atoms with Gasteiger partial charge in [0.2, 0.25) is 0 Å². The van der Waals surface area contributed by atoms with Crippen molar-refractivity contribution in [1.82, 2.24) is 4.98 Å². The molecule has 0 fully saturated rings. The number of carboxylic acids is 1. The Morgan fingerprint density at radius 3 is 2.57 bits per heavy atom. The Hall–Kier alpha value is -2.96. The van der Waals surface area contributed by atoms with E-state index in [1.165, 1.54) is 31.4 Å². The molecule has 21 heavy (non-hydrogen) atoms. The van der Waals surface area contributed by atoms with Crippen LogP contribution in [0.5, 0.6) is 5.75 Å². The Bertz CT molecular complexity index is 686. The van der Waals surface area contributed by atoms with Crippen LogP contribution in [-0.4, -0.2) is 29.1 Å². The van der Waals surface area contributed by atoms with Gasteiger partial charge in [0.1, 0.15) is 5.69 Å². The fraction of sp³-hybridized carbons (Fsp3) is 0.0714. The van der Waals surface area contributed by atoms with Crippen LogP contribution < -0.4 is 10.1 Å². The molecule has 0 radical (unpaired) electrons. The van der Waals surface area contributed by atoms with Crippen molar-refractivity contribution >= 4 is 17.6 Å². The minimum absolute atomic E-state index is 0.0699. The number of carbonyl (C=O) groups is 2. The third-order valence-electron chi connectivity index (χ3n) is 2.65. The number of pyridine rings is 1. The van der Waals surface area contributed by atoms with Crippen molar-refractivity contribution in [2.45, 2.75) is 0 Å². The lowest BCUT2D eigenvalue weighted by Crippen LogP contribution is -2.13. The van der Waals surface area contributed by atoms with Gasteiger partial charge >= 0.3 is 5.97 Å². The van der Waals surface area contributed by atoms with Crippen molar-refractivity contribution in [1.29, 1.82) is 0 Å². The number of aromatic carboxylic acids is 1. The molecule has 0 aliphatic rings. The van der Waals surface area contributed by atoms with Gasteiger partial charge in [0, 0.05) is 18.0 Å². The van der Waals surface area contributed by atoms with Crippen molar-refractivity contribution in [2.75, 3.05) is 12.4 Å². The number of halogens is 1. The van der Waals surface area contributed by atoms with Gasteiger partial charge < -0.3 is 15.2 Å². The number of hydrogen-bond acceptors (Lipinski definition) is 4. The first kappa shape index (κ1) is 14.4. The van der Waals surface area contributed by atoms with E-state index in [2.05, 4.69) is 10.3 Å². The van der Waals surface area contributed by atoms with Gasteiger partial charge in [-0.3, -0.25) is 4.79 Å². The average molecular weight is 290 g/mol. The summed E-state index contributed by atoms with van der Waals surface area (Å²) in [6.07, 6.45) is 1.14. The molecule has 2 rings (SSSR count). The Labute approximate surface area is 119 Å². The summed E-state index contributed by atoms with van der Waals surface area (Å²) in [6.45, 7) is 0. The summed E-state index contributed by atoms with van der Waals surface area (Å²) in [5, 5.41) is 11.2. The van der Waals surface area contributed by atoms with E-state index >= 15 is 0 Å². The van der Waals surface area contributed by atoms with Crippen molar-refractivity contribution in [2.24, 2.45) is 0 Å². The standard InChI is InChI=1S/C14H11FN2O4/c1-21-12-5-3-9(6-10(12)15)17-13(18)8-2-4-11(14(19)20)16-7-8/h2-7H,1H3,(H,17,18)(H,19,20). The lowest BCUT2D eigenvalue weighted by atomic mass is 10.2. The number of rotatable bonds is 4. The molecule has 1 heterocycles. The number of ether oxygens (including phenoxy) is 1. The van der Waals surface area contributed by atoms with Crippen molar-refractivity contribution in [3.63, 3.8) is 0 Å². The average Bonchev–Trinajstić information content (AvgIpc) is 2.47. The van der Waals surface area contributed by atoms with Crippen LogP contribution in [0.15, 0.2) is 36.5 Å². The third kappa shape index (κ3) is 3.33. The quantitative estimate of drug-likeness (QED) is 0.901. The lowest BCUT2D eigenvalue weighted by Gasteiger charge is -2.07. The molecule has 0 unspecified atom stereocenters. The van der Waals surface area contributed by atoms with Gasteiger partial charge in [-0.25, -0.2) is 14.2 Å². The largest absolute Gasteiger partial charge is 0.494 e. The summed E-state index contributed by atoms with van der Waals surface area (Å²) in [7, 11) is 1.34. The molecule has 2 aromatic rings. The summed E-state index contributed by atoms with van der Waals surface area (Å²) < 4.78 is 18.3. The van der Waals surface area contributed by atoms with E-state index in [0.29, 0.717) is 0 Å². The minimum atomic E-state index is -1.18. The van der Waals surface area contributed by atoms with E-state index < -0.39 is 17.7 Å². The number of carbonyl (C=O) groups excluding carboxylic acids is 1. The van der Waals surface area contributed by atoms with Crippen molar-refractivity contribution in [3.8, 4) is 5.75 Å². The SMILES string of the molecule is COc1ccc(NC(=O)c2ccc(C(=O)O)nc2)cc1F. The van der Waals surface area contributed by atoms with Gasteiger partial charge in [0.25, 0.3) is 5.91 Å². The summed E-state index contributed by atoms with van der Waals surface area (Å²) in [5.74, 6) is -2.24. The van der Waals surface area contributed by atoms with E-state index in [-0.39, 0.29) is 22.7 Å². The number of methoxy groups -OCH3 is 1. The van der Waals surface area contributed by atoms with Crippen LogP contribution >= 0.6 is 0 Å². The van der Waals surface area contributed by atoms with Crippen LogP contribution in [0.4, 0.5) is 10.1 Å². The predicted octanol–water partition coefficient (Wildman–Crippen LogP) is 2.18. The maximum atomic E-state index is 13.5. The highest BCUT2D eigenvalue weighted by atomic mass is 19.1. The predicted molar refractivity (Wildman–Crippen MR) is 72.1 cm³/mol. The minimum Gasteiger partial charge on any atom is -0.494 e. The molecule has 7 heteroatoms. The molecule has 6 nitrogen and oxygen atoms in total. The molecule has 108 valence electrons. The zero-order valence-electron chi connectivity index (χ0n) is 11.0. The smallest absolute Gasteiger partial charge is 0.354 e. The fourth-order valence-electron chi connectivity index (χ4n) is 1.60. The molecule has 0 spiro atoms. The zero-order chi connectivity index (χ0) is 15.4. The van der Waals surface area contributed by atoms with Crippen LogP contribution in [0, 0.1) is 5.82 Å². The molecule has 0 bridgehead atoms. The molecule has 0 saturated heterocycles. The molecule has 0 atom stereocenters. The number of nitrogens with zero attached hydrogens (tertiary/aromatic N) is 1. The molecule has 0 aliphatic carbocycles. The Morgan fingerprint density at radius 2 is 2.05 bits per heavy atom. The Morgan fingerprint density at radius 1 is 1.29 bits per heavy atom. The molecule has 1 aromatic carbocycles. The topological polar surface area (TPSA) is 88.5 Å². The van der Waals surface area contributed by atoms with Gasteiger partial charge in [-0.15, -0.1) is 0 Å².